The number of nitrogens with one attached hydrogen (secondary N) is 1. The van der Waals surface area contributed by atoms with E-state index in [0.717, 1.165) is 19.0 Å². The molecule has 1 fully saturated rings. The minimum atomic E-state index is -0.869. The third-order valence-electron chi connectivity index (χ3n) is 4.20. The molecule has 1 saturated heterocycles. The fraction of sp³-hybridized carbons (Fsp3) is 0.375. The van der Waals surface area contributed by atoms with E-state index < -0.39 is 11.6 Å². The molecule has 1 amide bonds. The van der Waals surface area contributed by atoms with Gasteiger partial charge in [0.15, 0.2) is 11.6 Å². The number of halogens is 2. The summed E-state index contributed by atoms with van der Waals surface area (Å²) in [4.78, 5) is 19.1. The number of amides is 1. The zero-order chi connectivity index (χ0) is 16.6. The van der Waals surface area contributed by atoms with E-state index in [2.05, 4.69) is 10.3 Å². The molecule has 122 valence electrons. The molecule has 0 saturated carbocycles. The molecule has 1 N–H and O–H groups in total. The zero-order valence-electron chi connectivity index (χ0n) is 12.8. The normalized spacial score (nSPS) is 21.6. The molecule has 2 aromatic rings. The summed E-state index contributed by atoms with van der Waals surface area (Å²) in [5, 5.41) is 3.01. The molecule has 0 bridgehead atoms. The van der Waals surface area contributed by atoms with E-state index >= 15 is 0 Å². The standard InChI is InChI=1S/C16H17F2N3OS/c1-9-15(23-8-19-9)16(22)20-13-5-6-21(2)14(13)10-3-4-11(17)12(18)7-10/h3-4,7-8,13-14H,5-6H2,1-2H3,(H,20,22)/t13-,14+/m0/s1. The Labute approximate surface area is 137 Å². The van der Waals surface area contributed by atoms with Crippen molar-refractivity contribution in [2.24, 2.45) is 0 Å². The second-order valence-electron chi connectivity index (χ2n) is 5.73. The van der Waals surface area contributed by atoms with E-state index in [1.807, 2.05) is 11.9 Å². The Hall–Kier alpha value is -1.86. The number of thiazole rings is 1. The lowest BCUT2D eigenvalue weighted by Gasteiger charge is -2.26. The van der Waals surface area contributed by atoms with Gasteiger partial charge in [-0.1, -0.05) is 6.07 Å². The Morgan fingerprint density at radius 2 is 2.17 bits per heavy atom. The summed E-state index contributed by atoms with van der Waals surface area (Å²) in [6.07, 6.45) is 0.754. The topological polar surface area (TPSA) is 45.2 Å². The number of likely N-dealkylation sites (N-methyl/N-ethyl adjacent to an activating group) is 1. The van der Waals surface area contributed by atoms with Crippen LogP contribution in [0.1, 0.15) is 33.4 Å². The number of carbonyl (C=O) groups is 1. The van der Waals surface area contributed by atoms with Crippen molar-refractivity contribution in [3.05, 3.63) is 51.5 Å². The number of benzene rings is 1. The van der Waals surface area contributed by atoms with Gasteiger partial charge < -0.3 is 5.32 Å². The smallest absolute Gasteiger partial charge is 0.263 e. The first-order valence-corrected chi connectivity index (χ1v) is 8.21. The number of hydrogen-bond acceptors (Lipinski definition) is 4. The second-order valence-corrected chi connectivity index (χ2v) is 6.59. The quantitative estimate of drug-likeness (QED) is 0.937. The van der Waals surface area contributed by atoms with Crippen molar-refractivity contribution in [1.29, 1.82) is 0 Å². The van der Waals surface area contributed by atoms with E-state index in [0.29, 0.717) is 16.1 Å². The molecule has 1 aliphatic rings. The average Bonchev–Trinajstić information content (AvgIpc) is 3.08. The van der Waals surface area contributed by atoms with Gasteiger partial charge >= 0.3 is 0 Å². The number of aromatic nitrogens is 1. The third kappa shape index (κ3) is 3.11. The van der Waals surface area contributed by atoms with E-state index in [9.17, 15) is 13.6 Å². The highest BCUT2D eigenvalue weighted by Crippen LogP contribution is 2.32. The van der Waals surface area contributed by atoms with Crippen LogP contribution in [-0.4, -0.2) is 35.4 Å². The van der Waals surface area contributed by atoms with Crippen LogP contribution in [0.15, 0.2) is 23.7 Å². The average molecular weight is 337 g/mol. The first-order chi connectivity index (χ1) is 11.0. The van der Waals surface area contributed by atoms with E-state index in [1.54, 1.807) is 18.5 Å². The minimum Gasteiger partial charge on any atom is -0.347 e. The summed E-state index contributed by atoms with van der Waals surface area (Å²) in [7, 11) is 1.91. The molecule has 23 heavy (non-hydrogen) atoms. The van der Waals surface area contributed by atoms with Gasteiger partial charge in [-0.25, -0.2) is 13.8 Å². The van der Waals surface area contributed by atoms with Crippen LogP contribution >= 0.6 is 11.3 Å². The van der Waals surface area contributed by atoms with Crippen LogP contribution in [-0.2, 0) is 0 Å². The van der Waals surface area contributed by atoms with Gasteiger partial charge in [0, 0.05) is 6.54 Å². The maximum atomic E-state index is 13.5. The van der Waals surface area contributed by atoms with Gasteiger partial charge in [-0.15, -0.1) is 11.3 Å². The van der Waals surface area contributed by atoms with E-state index in [4.69, 9.17) is 0 Å². The summed E-state index contributed by atoms with van der Waals surface area (Å²) in [6, 6.07) is 3.57. The number of nitrogens with zero attached hydrogens (tertiary/aromatic N) is 2. The van der Waals surface area contributed by atoms with Crippen LogP contribution in [0.25, 0.3) is 0 Å². The molecule has 2 heterocycles. The molecule has 7 heteroatoms. The van der Waals surface area contributed by atoms with Crippen molar-refractivity contribution in [2.75, 3.05) is 13.6 Å². The maximum absolute atomic E-state index is 13.5. The minimum absolute atomic E-state index is 0.154. The predicted octanol–water partition coefficient (Wildman–Crippen LogP) is 2.90. The molecule has 2 atom stereocenters. The Morgan fingerprint density at radius 1 is 1.39 bits per heavy atom. The molecule has 1 aromatic carbocycles. The lowest BCUT2D eigenvalue weighted by Crippen LogP contribution is -2.39. The third-order valence-corrected chi connectivity index (χ3v) is 5.13. The van der Waals surface area contributed by atoms with Crippen molar-refractivity contribution in [3.8, 4) is 0 Å². The molecule has 0 spiro atoms. The lowest BCUT2D eigenvalue weighted by atomic mass is 10.00. The first-order valence-electron chi connectivity index (χ1n) is 7.33. The van der Waals surface area contributed by atoms with Crippen molar-refractivity contribution >= 4 is 17.2 Å². The summed E-state index contributed by atoms with van der Waals surface area (Å²) in [5.41, 5.74) is 3.00. The van der Waals surface area contributed by atoms with E-state index in [1.165, 1.54) is 17.4 Å². The predicted molar refractivity (Wildman–Crippen MR) is 84.5 cm³/mol. The Kier molecular flexibility index (Phi) is 4.41. The van der Waals surface area contributed by atoms with Crippen molar-refractivity contribution < 1.29 is 13.6 Å². The Bertz CT molecular complexity index is 734. The number of aryl methyl sites for hydroxylation is 1. The summed E-state index contributed by atoms with van der Waals surface area (Å²) < 4.78 is 26.7. The number of likely N-dealkylation sites (tertiary alicyclic amines) is 1. The molecular formula is C16H17F2N3OS. The largest absolute Gasteiger partial charge is 0.347 e. The van der Waals surface area contributed by atoms with Crippen molar-refractivity contribution in [3.63, 3.8) is 0 Å². The SMILES string of the molecule is Cc1ncsc1C(=O)N[C@H]1CCN(C)[C@@H]1c1ccc(F)c(F)c1. The molecule has 4 nitrogen and oxygen atoms in total. The fourth-order valence-corrected chi connectivity index (χ4v) is 3.74. The van der Waals surface area contributed by atoms with Crippen LogP contribution < -0.4 is 5.32 Å². The van der Waals surface area contributed by atoms with Crippen LogP contribution in [0, 0.1) is 18.6 Å². The van der Waals surface area contributed by atoms with Gasteiger partial charge in [0.1, 0.15) is 4.88 Å². The van der Waals surface area contributed by atoms with E-state index in [-0.39, 0.29) is 18.0 Å². The van der Waals surface area contributed by atoms with Gasteiger partial charge in [-0.3, -0.25) is 9.69 Å². The van der Waals surface area contributed by atoms with Gasteiger partial charge in [0.05, 0.1) is 23.3 Å². The number of rotatable bonds is 3. The summed E-state index contributed by atoms with van der Waals surface area (Å²) in [6.45, 7) is 2.56. The summed E-state index contributed by atoms with van der Waals surface area (Å²) in [5.74, 6) is -1.90. The molecule has 0 aliphatic carbocycles. The monoisotopic (exact) mass is 337 g/mol. The van der Waals surface area contributed by atoms with Gasteiger partial charge in [0.25, 0.3) is 5.91 Å². The van der Waals surface area contributed by atoms with Crippen LogP contribution in [0.5, 0.6) is 0 Å². The van der Waals surface area contributed by atoms with Crippen LogP contribution in [0.3, 0.4) is 0 Å². The highest BCUT2D eigenvalue weighted by atomic mass is 32.1. The Balaban J connectivity index is 1.82. The van der Waals surface area contributed by atoms with Crippen LogP contribution in [0.2, 0.25) is 0 Å². The van der Waals surface area contributed by atoms with Crippen molar-refractivity contribution in [1.82, 2.24) is 15.2 Å². The second kappa shape index (κ2) is 6.33. The van der Waals surface area contributed by atoms with Gasteiger partial charge in [0.2, 0.25) is 0 Å². The molecule has 0 unspecified atom stereocenters. The Morgan fingerprint density at radius 3 is 2.83 bits per heavy atom. The first kappa shape index (κ1) is 16.0. The lowest BCUT2D eigenvalue weighted by molar-refractivity contribution is 0.0931. The van der Waals surface area contributed by atoms with Gasteiger partial charge in [-0.2, -0.15) is 0 Å². The number of carbonyl (C=O) groups excluding carboxylic acids is 1. The fourth-order valence-electron chi connectivity index (χ4n) is 3.03. The molecule has 3 rings (SSSR count). The zero-order valence-corrected chi connectivity index (χ0v) is 13.7. The molecule has 0 radical (unpaired) electrons. The van der Waals surface area contributed by atoms with Crippen molar-refractivity contribution in [2.45, 2.75) is 25.4 Å². The highest BCUT2D eigenvalue weighted by molar-refractivity contribution is 7.11. The number of hydrogen-bond donors (Lipinski definition) is 1. The van der Waals surface area contributed by atoms with Gasteiger partial charge in [-0.05, 0) is 38.1 Å². The van der Waals surface area contributed by atoms with Crippen LogP contribution in [0.4, 0.5) is 8.78 Å². The molecular weight excluding hydrogens is 320 g/mol. The molecule has 1 aromatic heterocycles. The molecule has 1 aliphatic heterocycles. The summed E-state index contributed by atoms with van der Waals surface area (Å²) >= 11 is 1.30. The highest BCUT2D eigenvalue weighted by Gasteiger charge is 2.35. The maximum Gasteiger partial charge on any atom is 0.263 e.